The van der Waals surface area contributed by atoms with Crippen LogP contribution in [0.25, 0.3) is 11.3 Å². The molecule has 0 radical (unpaired) electrons. The van der Waals surface area contributed by atoms with E-state index in [1.807, 2.05) is 0 Å². The average Bonchev–Trinajstić information content (AvgIpc) is 2.94. The topological polar surface area (TPSA) is 103 Å². The summed E-state index contributed by atoms with van der Waals surface area (Å²) < 4.78 is 7.12. The van der Waals surface area contributed by atoms with Crippen molar-refractivity contribution in [3.05, 3.63) is 30.0 Å². The van der Waals surface area contributed by atoms with Crippen molar-refractivity contribution in [1.29, 1.82) is 0 Å². The summed E-state index contributed by atoms with van der Waals surface area (Å²) in [6.07, 6.45) is 1.82. The van der Waals surface area contributed by atoms with Gasteiger partial charge in [-0.05, 0) is 25.0 Å². The molecular formula is C14H16N4O3. The Morgan fingerprint density at radius 3 is 2.76 bits per heavy atom. The lowest BCUT2D eigenvalue weighted by Crippen LogP contribution is -2.23. The number of ether oxygens (including phenoxy) is 1. The van der Waals surface area contributed by atoms with Crippen LogP contribution in [0.3, 0.4) is 0 Å². The number of benzene rings is 1. The molecule has 1 saturated heterocycles. The molecule has 1 atom stereocenters. The molecule has 7 nitrogen and oxygen atoms in total. The Labute approximate surface area is 121 Å². The summed E-state index contributed by atoms with van der Waals surface area (Å²) >= 11 is 0. The van der Waals surface area contributed by atoms with Gasteiger partial charge in [0.15, 0.2) is 5.69 Å². The van der Waals surface area contributed by atoms with E-state index in [1.165, 1.54) is 0 Å². The third-order valence-corrected chi connectivity index (χ3v) is 3.56. The molecule has 2 heterocycles. The molecule has 1 aliphatic rings. The van der Waals surface area contributed by atoms with Crippen molar-refractivity contribution >= 4 is 11.7 Å². The van der Waals surface area contributed by atoms with Gasteiger partial charge in [-0.25, -0.2) is 9.48 Å². The minimum absolute atomic E-state index is 0.00639. The van der Waals surface area contributed by atoms with Crippen LogP contribution in [0, 0.1) is 0 Å². The smallest absolute Gasteiger partial charge is 0.358 e. The Morgan fingerprint density at radius 2 is 2.14 bits per heavy atom. The number of rotatable bonds is 3. The maximum absolute atomic E-state index is 11.4. The van der Waals surface area contributed by atoms with Crippen molar-refractivity contribution in [2.24, 2.45) is 0 Å². The van der Waals surface area contributed by atoms with Gasteiger partial charge in [-0.3, -0.25) is 0 Å². The van der Waals surface area contributed by atoms with Crippen LogP contribution in [-0.2, 0) is 4.74 Å². The SMILES string of the molecule is Nc1ccc(-c2c(C(=O)O)nnn2C2CCCOC2)cc1. The Bertz CT molecular complexity index is 645. The Balaban J connectivity index is 2.08. The second kappa shape index (κ2) is 5.53. The lowest BCUT2D eigenvalue weighted by Gasteiger charge is -2.23. The van der Waals surface area contributed by atoms with E-state index in [9.17, 15) is 9.90 Å². The second-order valence-corrected chi connectivity index (χ2v) is 5.03. The number of carboxylic acids is 1. The summed E-state index contributed by atoms with van der Waals surface area (Å²) in [5, 5.41) is 17.2. The van der Waals surface area contributed by atoms with E-state index in [-0.39, 0.29) is 11.7 Å². The zero-order chi connectivity index (χ0) is 14.8. The highest BCUT2D eigenvalue weighted by molar-refractivity contribution is 5.92. The molecule has 1 aromatic heterocycles. The molecule has 1 fully saturated rings. The van der Waals surface area contributed by atoms with Crippen LogP contribution in [0.5, 0.6) is 0 Å². The van der Waals surface area contributed by atoms with E-state index >= 15 is 0 Å². The molecule has 3 rings (SSSR count). The van der Waals surface area contributed by atoms with Crippen LogP contribution >= 0.6 is 0 Å². The van der Waals surface area contributed by atoms with Crippen LogP contribution in [0.15, 0.2) is 24.3 Å². The Morgan fingerprint density at radius 1 is 1.38 bits per heavy atom. The number of aromatic carboxylic acids is 1. The number of hydrogen-bond acceptors (Lipinski definition) is 5. The molecular weight excluding hydrogens is 272 g/mol. The molecule has 1 unspecified atom stereocenters. The molecule has 1 aromatic carbocycles. The van der Waals surface area contributed by atoms with Crippen LogP contribution in [0.4, 0.5) is 5.69 Å². The van der Waals surface area contributed by atoms with Crippen LogP contribution < -0.4 is 5.73 Å². The van der Waals surface area contributed by atoms with Gasteiger partial charge in [-0.2, -0.15) is 0 Å². The first-order valence-corrected chi connectivity index (χ1v) is 6.79. The van der Waals surface area contributed by atoms with Crippen molar-refractivity contribution in [1.82, 2.24) is 15.0 Å². The molecule has 0 saturated carbocycles. The maximum Gasteiger partial charge on any atom is 0.358 e. The highest BCUT2D eigenvalue weighted by atomic mass is 16.5. The van der Waals surface area contributed by atoms with Crippen molar-refractivity contribution < 1.29 is 14.6 Å². The number of carbonyl (C=O) groups is 1. The number of hydrogen-bond donors (Lipinski definition) is 2. The van der Waals surface area contributed by atoms with Crippen LogP contribution in [-0.4, -0.2) is 39.3 Å². The third-order valence-electron chi connectivity index (χ3n) is 3.56. The number of carboxylic acid groups (broad SMARTS) is 1. The number of nitrogen functional groups attached to an aromatic ring is 1. The monoisotopic (exact) mass is 288 g/mol. The van der Waals surface area contributed by atoms with Crippen molar-refractivity contribution in [2.75, 3.05) is 18.9 Å². The normalized spacial score (nSPS) is 18.6. The molecule has 0 spiro atoms. The summed E-state index contributed by atoms with van der Waals surface area (Å²) in [6.45, 7) is 1.25. The molecule has 21 heavy (non-hydrogen) atoms. The standard InChI is InChI=1S/C14H16N4O3/c15-10-5-3-9(4-6-10)13-12(14(19)20)16-17-18(13)11-2-1-7-21-8-11/h3-6,11H,1-2,7-8,15H2,(H,19,20). The minimum atomic E-state index is -1.09. The van der Waals surface area contributed by atoms with Gasteiger partial charge < -0.3 is 15.6 Å². The highest BCUT2D eigenvalue weighted by Crippen LogP contribution is 2.29. The van der Waals surface area contributed by atoms with Gasteiger partial charge in [-0.1, -0.05) is 17.3 Å². The molecule has 7 heteroatoms. The highest BCUT2D eigenvalue weighted by Gasteiger charge is 2.26. The molecule has 0 amide bonds. The predicted molar refractivity (Wildman–Crippen MR) is 75.9 cm³/mol. The van der Waals surface area contributed by atoms with E-state index in [0.29, 0.717) is 18.0 Å². The molecule has 2 aromatic rings. The van der Waals surface area contributed by atoms with Gasteiger partial charge >= 0.3 is 5.97 Å². The average molecular weight is 288 g/mol. The summed E-state index contributed by atoms with van der Waals surface area (Å²) in [5.41, 5.74) is 7.49. The molecule has 0 aliphatic carbocycles. The fraction of sp³-hybridized carbons (Fsp3) is 0.357. The van der Waals surface area contributed by atoms with E-state index in [4.69, 9.17) is 10.5 Å². The minimum Gasteiger partial charge on any atom is -0.476 e. The van der Waals surface area contributed by atoms with E-state index in [2.05, 4.69) is 10.3 Å². The van der Waals surface area contributed by atoms with E-state index < -0.39 is 5.97 Å². The van der Waals surface area contributed by atoms with Crippen molar-refractivity contribution in [3.63, 3.8) is 0 Å². The zero-order valence-electron chi connectivity index (χ0n) is 11.4. The van der Waals surface area contributed by atoms with E-state index in [0.717, 1.165) is 25.0 Å². The van der Waals surface area contributed by atoms with E-state index in [1.54, 1.807) is 28.9 Å². The fourth-order valence-corrected chi connectivity index (χ4v) is 2.52. The number of nitrogens with two attached hydrogens (primary N) is 1. The Kier molecular flexibility index (Phi) is 3.57. The van der Waals surface area contributed by atoms with Gasteiger partial charge in [0.05, 0.1) is 12.6 Å². The molecule has 0 bridgehead atoms. The first-order valence-electron chi connectivity index (χ1n) is 6.79. The van der Waals surface area contributed by atoms with Crippen molar-refractivity contribution in [2.45, 2.75) is 18.9 Å². The number of nitrogens with zero attached hydrogens (tertiary/aromatic N) is 3. The van der Waals surface area contributed by atoms with Crippen molar-refractivity contribution in [3.8, 4) is 11.3 Å². The fourth-order valence-electron chi connectivity index (χ4n) is 2.52. The maximum atomic E-state index is 11.4. The van der Waals surface area contributed by atoms with Gasteiger partial charge in [-0.15, -0.1) is 5.10 Å². The summed E-state index contributed by atoms with van der Waals surface area (Å²) in [5.74, 6) is -1.09. The predicted octanol–water partition coefficient (Wildman–Crippen LogP) is 1.58. The summed E-state index contributed by atoms with van der Waals surface area (Å²) in [7, 11) is 0. The first kappa shape index (κ1) is 13.6. The quantitative estimate of drug-likeness (QED) is 0.831. The third kappa shape index (κ3) is 2.59. The molecule has 1 aliphatic heterocycles. The summed E-state index contributed by atoms with van der Waals surface area (Å²) in [6, 6.07) is 7.03. The van der Waals surface area contributed by atoms with Crippen LogP contribution in [0.2, 0.25) is 0 Å². The van der Waals surface area contributed by atoms with Gasteiger partial charge in [0.2, 0.25) is 0 Å². The lowest BCUT2D eigenvalue weighted by molar-refractivity contribution is 0.0548. The van der Waals surface area contributed by atoms with Gasteiger partial charge in [0, 0.05) is 17.9 Å². The van der Waals surface area contributed by atoms with Crippen LogP contribution in [0.1, 0.15) is 29.4 Å². The van der Waals surface area contributed by atoms with Gasteiger partial charge in [0.1, 0.15) is 5.69 Å². The second-order valence-electron chi connectivity index (χ2n) is 5.03. The van der Waals surface area contributed by atoms with Gasteiger partial charge in [0.25, 0.3) is 0 Å². The largest absolute Gasteiger partial charge is 0.476 e. The number of anilines is 1. The molecule has 110 valence electrons. The zero-order valence-corrected chi connectivity index (χ0v) is 11.4. The first-order chi connectivity index (χ1) is 10.2. The number of aromatic nitrogens is 3. The Hall–Kier alpha value is -2.41. The lowest BCUT2D eigenvalue weighted by atomic mass is 10.1. The molecule has 3 N–H and O–H groups in total. The summed E-state index contributed by atoms with van der Waals surface area (Å²) in [4.78, 5) is 11.4.